The molecule has 1 fully saturated rings. The maximum Gasteiger partial charge on any atom is 0.251 e. The van der Waals surface area contributed by atoms with Crippen molar-refractivity contribution in [2.75, 3.05) is 33.4 Å². The van der Waals surface area contributed by atoms with Crippen molar-refractivity contribution < 1.29 is 17.9 Å². The molecule has 0 aliphatic carbocycles. The Morgan fingerprint density at radius 1 is 1.48 bits per heavy atom. The number of ether oxygens (including phenoxy) is 1. The molecule has 1 unspecified atom stereocenters. The highest BCUT2D eigenvalue weighted by molar-refractivity contribution is 7.89. The summed E-state index contributed by atoms with van der Waals surface area (Å²) in [5.74, 6) is -0.342. The predicted octanol–water partition coefficient (Wildman–Crippen LogP) is 0.649. The number of hydrogen-bond donors (Lipinski definition) is 3. The molecule has 1 heterocycles. The number of nitrogens with one attached hydrogen (secondary N) is 3. The minimum atomic E-state index is -3.73. The summed E-state index contributed by atoms with van der Waals surface area (Å²) in [7, 11) is -2.13. The van der Waals surface area contributed by atoms with Crippen LogP contribution >= 0.6 is 0 Å². The van der Waals surface area contributed by atoms with Gasteiger partial charge in [0.2, 0.25) is 10.0 Å². The van der Waals surface area contributed by atoms with Gasteiger partial charge in [0.1, 0.15) is 0 Å². The molecule has 25 heavy (non-hydrogen) atoms. The van der Waals surface area contributed by atoms with Crippen LogP contribution in [0.2, 0.25) is 0 Å². The van der Waals surface area contributed by atoms with Crippen LogP contribution < -0.4 is 15.4 Å². The molecule has 1 aliphatic heterocycles. The Kier molecular flexibility index (Phi) is 6.71. The van der Waals surface area contributed by atoms with Crippen LogP contribution in [0.15, 0.2) is 41.8 Å². The zero-order chi connectivity index (χ0) is 18.3. The lowest BCUT2D eigenvalue weighted by molar-refractivity contribution is 0.0958. The van der Waals surface area contributed by atoms with E-state index >= 15 is 0 Å². The van der Waals surface area contributed by atoms with Gasteiger partial charge >= 0.3 is 0 Å². The first-order valence-corrected chi connectivity index (χ1v) is 9.63. The van der Waals surface area contributed by atoms with Gasteiger partial charge < -0.3 is 15.4 Å². The smallest absolute Gasteiger partial charge is 0.251 e. The summed E-state index contributed by atoms with van der Waals surface area (Å²) in [5.41, 5.74) is -0.101. The highest BCUT2D eigenvalue weighted by atomic mass is 32.2. The van der Waals surface area contributed by atoms with Crippen molar-refractivity contribution in [3.8, 4) is 0 Å². The first-order chi connectivity index (χ1) is 11.9. The van der Waals surface area contributed by atoms with Crippen molar-refractivity contribution in [1.82, 2.24) is 15.4 Å². The van der Waals surface area contributed by atoms with Crippen LogP contribution in [-0.4, -0.2) is 53.2 Å². The molecule has 138 valence electrons. The van der Waals surface area contributed by atoms with Crippen LogP contribution in [0.1, 0.15) is 23.2 Å². The Balaban J connectivity index is 2.11. The fourth-order valence-corrected chi connectivity index (χ4v) is 4.03. The van der Waals surface area contributed by atoms with Gasteiger partial charge in [0, 0.05) is 25.8 Å². The summed E-state index contributed by atoms with van der Waals surface area (Å²) < 4.78 is 33.1. The molecule has 0 saturated carbocycles. The van der Waals surface area contributed by atoms with E-state index in [9.17, 15) is 13.2 Å². The van der Waals surface area contributed by atoms with Crippen LogP contribution in [0.5, 0.6) is 0 Å². The Bertz CT molecular complexity index is 712. The van der Waals surface area contributed by atoms with Crippen molar-refractivity contribution in [2.45, 2.75) is 23.3 Å². The number of benzene rings is 1. The number of rotatable bonds is 9. The van der Waals surface area contributed by atoms with E-state index in [2.05, 4.69) is 21.9 Å². The molecular weight excluding hydrogens is 342 g/mol. The maximum atomic E-state index is 12.6. The van der Waals surface area contributed by atoms with Crippen molar-refractivity contribution in [1.29, 1.82) is 0 Å². The third-order valence-corrected chi connectivity index (χ3v) is 5.57. The first-order valence-electron chi connectivity index (χ1n) is 8.15. The van der Waals surface area contributed by atoms with Gasteiger partial charge in [0.15, 0.2) is 0 Å². The van der Waals surface area contributed by atoms with E-state index in [4.69, 9.17) is 4.74 Å². The van der Waals surface area contributed by atoms with E-state index in [1.54, 1.807) is 25.3 Å². The van der Waals surface area contributed by atoms with Gasteiger partial charge in [-0.05, 0) is 37.6 Å². The van der Waals surface area contributed by atoms with Gasteiger partial charge in [-0.15, -0.1) is 6.58 Å². The number of hydrogen-bond acceptors (Lipinski definition) is 5. The summed E-state index contributed by atoms with van der Waals surface area (Å²) >= 11 is 0. The summed E-state index contributed by atoms with van der Waals surface area (Å²) in [6.07, 6.45) is 3.38. The average molecular weight is 367 g/mol. The highest BCUT2D eigenvalue weighted by Gasteiger charge is 2.34. The summed E-state index contributed by atoms with van der Waals surface area (Å²) in [6.45, 7) is 5.35. The second kappa shape index (κ2) is 8.57. The number of carbonyl (C=O) groups excluding carboxylic acids is 1. The van der Waals surface area contributed by atoms with Crippen molar-refractivity contribution >= 4 is 15.9 Å². The van der Waals surface area contributed by atoms with Crippen LogP contribution in [0.4, 0.5) is 0 Å². The first kappa shape index (κ1) is 19.6. The molecule has 7 nitrogen and oxygen atoms in total. The normalized spacial score (nSPS) is 20.4. The summed E-state index contributed by atoms with van der Waals surface area (Å²) in [4.78, 5) is 12.0. The standard InChI is InChI=1S/C17H25N3O4S/c1-3-9-18-16(21)14-6-4-7-15(11-14)25(22,23)20-12-17(13-24-2)8-5-10-19-17/h3-4,6-7,11,19-20H,1,5,8-10,12-13H2,2H3,(H,18,21). The Labute approximate surface area is 148 Å². The minimum absolute atomic E-state index is 0.0596. The van der Waals surface area contributed by atoms with Crippen molar-refractivity contribution in [3.63, 3.8) is 0 Å². The molecule has 0 spiro atoms. The van der Waals surface area contributed by atoms with Crippen LogP contribution in [0.25, 0.3) is 0 Å². The fourth-order valence-electron chi connectivity index (χ4n) is 2.86. The molecule has 1 atom stereocenters. The molecule has 1 aliphatic rings. The fraction of sp³-hybridized carbons (Fsp3) is 0.471. The van der Waals surface area contributed by atoms with Crippen LogP contribution in [0, 0.1) is 0 Å². The third kappa shape index (κ3) is 5.12. The number of carbonyl (C=O) groups is 1. The highest BCUT2D eigenvalue weighted by Crippen LogP contribution is 2.20. The van der Waals surface area contributed by atoms with Crippen molar-refractivity contribution in [2.24, 2.45) is 0 Å². The zero-order valence-corrected chi connectivity index (χ0v) is 15.2. The lowest BCUT2D eigenvalue weighted by Gasteiger charge is -2.28. The molecule has 1 saturated heterocycles. The SMILES string of the molecule is C=CCNC(=O)c1cccc(S(=O)(=O)NCC2(COC)CCCN2)c1. The largest absolute Gasteiger partial charge is 0.383 e. The monoisotopic (exact) mass is 367 g/mol. The molecule has 8 heteroatoms. The Hall–Kier alpha value is -1.74. The van der Waals surface area contributed by atoms with E-state index in [-0.39, 0.29) is 28.4 Å². The van der Waals surface area contributed by atoms with Crippen LogP contribution in [0.3, 0.4) is 0 Å². The third-order valence-electron chi connectivity index (χ3n) is 4.17. The Morgan fingerprint density at radius 2 is 2.28 bits per heavy atom. The van der Waals surface area contributed by atoms with E-state index in [0.29, 0.717) is 13.2 Å². The van der Waals surface area contributed by atoms with E-state index in [1.165, 1.54) is 12.1 Å². The molecule has 0 bridgehead atoms. The maximum absolute atomic E-state index is 12.6. The molecular formula is C17H25N3O4S. The summed E-state index contributed by atoms with van der Waals surface area (Å²) in [5, 5.41) is 5.95. The lowest BCUT2D eigenvalue weighted by Crippen LogP contribution is -2.52. The average Bonchev–Trinajstić information content (AvgIpc) is 3.07. The molecule has 0 radical (unpaired) electrons. The number of amides is 1. The number of methoxy groups -OCH3 is 1. The zero-order valence-electron chi connectivity index (χ0n) is 14.4. The quantitative estimate of drug-likeness (QED) is 0.557. The van der Waals surface area contributed by atoms with Gasteiger partial charge in [-0.2, -0.15) is 0 Å². The van der Waals surface area contributed by atoms with Gasteiger partial charge in [-0.1, -0.05) is 12.1 Å². The van der Waals surface area contributed by atoms with Gasteiger partial charge in [0.25, 0.3) is 5.91 Å². The van der Waals surface area contributed by atoms with E-state index < -0.39 is 10.0 Å². The van der Waals surface area contributed by atoms with E-state index in [1.807, 2.05) is 0 Å². The van der Waals surface area contributed by atoms with Gasteiger partial charge in [-0.25, -0.2) is 13.1 Å². The van der Waals surface area contributed by atoms with Gasteiger partial charge in [-0.3, -0.25) is 4.79 Å². The second-order valence-corrected chi connectivity index (χ2v) is 7.86. The molecule has 1 amide bonds. The lowest BCUT2D eigenvalue weighted by atomic mass is 9.99. The van der Waals surface area contributed by atoms with Gasteiger partial charge in [0.05, 0.1) is 17.0 Å². The predicted molar refractivity (Wildman–Crippen MR) is 96.0 cm³/mol. The Morgan fingerprint density at radius 3 is 2.92 bits per heavy atom. The number of sulfonamides is 1. The molecule has 2 rings (SSSR count). The van der Waals surface area contributed by atoms with E-state index in [0.717, 1.165) is 19.4 Å². The molecule has 3 N–H and O–H groups in total. The van der Waals surface area contributed by atoms with Crippen molar-refractivity contribution in [3.05, 3.63) is 42.5 Å². The van der Waals surface area contributed by atoms with Crippen LogP contribution in [-0.2, 0) is 14.8 Å². The summed E-state index contributed by atoms with van der Waals surface area (Å²) in [6, 6.07) is 5.96. The molecule has 1 aromatic rings. The molecule has 0 aromatic heterocycles. The second-order valence-electron chi connectivity index (χ2n) is 6.09. The molecule has 1 aromatic carbocycles. The minimum Gasteiger partial charge on any atom is -0.383 e. The topological polar surface area (TPSA) is 96.5 Å².